The molecule has 0 saturated carbocycles. The van der Waals surface area contributed by atoms with Gasteiger partial charge in [-0.05, 0) is 35.4 Å². The van der Waals surface area contributed by atoms with Crippen LogP contribution >= 0.6 is 0 Å². The fourth-order valence-electron chi connectivity index (χ4n) is 4.56. The molecule has 2 saturated heterocycles. The molecular weight excluding hydrogens is 540 g/mol. The Morgan fingerprint density at radius 3 is 1.51 bits per heavy atom. The van der Waals surface area contributed by atoms with Gasteiger partial charge in [0.05, 0.1) is 13.2 Å². The van der Waals surface area contributed by atoms with Crippen LogP contribution in [0.25, 0.3) is 6.08 Å². The van der Waals surface area contributed by atoms with E-state index in [1.54, 1.807) is 54.6 Å². The van der Waals surface area contributed by atoms with E-state index in [-0.39, 0.29) is 5.92 Å². The molecule has 11 atom stereocenters. The topological polar surface area (TPSA) is 199 Å². The van der Waals surface area contributed by atoms with E-state index >= 15 is 0 Å². The third-order valence-corrected chi connectivity index (χ3v) is 7.10. The molecule has 12 heteroatoms. The van der Waals surface area contributed by atoms with E-state index in [1.807, 2.05) is 12.2 Å². The van der Waals surface area contributed by atoms with E-state index in [2.05, 4.69) is 6.58 Å². The first-order valence-corrected chi connectivity index (χ1v) is 13.1. The summed E-state index contributed by atoms with van der Waals surface area (Å²) in [5, 5.41) is 78.7. The van der Waals surface area contributed by atoms with Crippen molar-refractivity contribution in [1.29, 1.82) is 0 Å². The molecule has 2 aromatic rings. The number of aliphatic hydroxyl groups is 8. The van der Waals surface area contributed by atoms with Crippen LogP contribution in [0.1, 0.15) is 17.0 Å². The highest BCUT2D eigenvalue weighted by molar-refractivity contribution is 5.53. The molecule has 0 amide bonds. The maximum absolute atomic E-state index is 10.2. The summed E-state index contributed by atoms with van der Waals surface area (Å²) in [5.41, 5.74) is 1.72. The second-order valence-electron chi connectivity index (χ2n) is 9.89. The van der Waals surface area contributed by atoms with Crippen LogP contribution in [-0.2, 0) is 9.47 Å². The lowest BCUT2D eigenvalue weighted by Crippen LogP contribution is -2.60. The van der Waals surface area contributed by atoms with Crippen LogP contribution in [0.15, 0.2) is 67.3 Å². The average Bonchev–Trinajstić information content (AvgIpc) is 2.99. The van der Waals surface area contributed by atoms with Gasteiger partial charge in [-0.15, -0.1) is 6.58 Å². The van der Waals surface area contributed by atoms with E-state index in [0.717, 1.165) is 11.1 Å². The molecule has 11 unspecified atom stereocenters. The first-order chi connectivity index (χ1) is 19.7. The first kappa shape index (κ1) is 31.1. The molecule has 2 aliphatic heterocycles. The minimum absolute atomic E-state index is 0.165. The average molecular weight is 577 g/mol. The Hall–Kier alpha value is -2.88. The Bertz CT molecular complexity index is 1140. The minimum atomic E-state index is -1.53. The van der Waals surface area contributed by atoms with Crippen molar-refractivity contribution in [3.63, 3.8) is 0 Å². The quantitative estimate of drug-likeness (QED) is 0.161. The molecule has 224 valence electrons. The summed E-state index contributed by atoms with van der Waals surface area (Å²) in [6.45, 7) is 2.80. The summed E-state index contributed by atoms with van der Waals surface area (Å²) in [5.74, 6) is 0.531. The highest BCUT2D eigenvalue weighted by Crippen LogP contribution is 2.28. The van der Waals surface area contributed by atoms with Crippen LogP contribution in [0.2, 0.25) is 0 Å². The van der Waals surface area contributed by atoms with Crippen molar-refractivity contribution in [2.45, 2.75) is 67.3 Å². The Kier molecular flexibility index (Phi) is 10.5. The Labute approximate surface area is 236 Å². The lowest BCUT2D eigenvalue weighted by molar-refractivity contribution is -0.277. The van der Waals surface area contributed by atoms with Crippen molar-refractivity contribution >= 4 is 6.08 Å². The zero-order chi connectivity index (χ0) is 29.7. The van der Waals surface area contributed by atoms with E-state index in [4.69, 9.17) is 18.9 Å². The molecule has 8 N–H and O–H groups in total. The molecule has 0 aromatic heterocycles. The van der Waals surface area contributed by atoms with Gasteiger partial charge in [-0.1, -0.05) is 42.5 Å². The standard InChI is InChI=1S/C29H36O12/c1-2-16(17-7-11-19(12-8-17)39-29-27(37)25(35)23(33)21(14-31)41-29)6-3-15-4-9-18(10-5-15)38-28-26(36)24(34)22(32)20(13-30)40-28/h2-12,16,20-37H,1,13-14H2. The molecule has 2 aromatic carbocycles. The lowest BCUT2D eigenvalue weighted by Gasteiger charge is -2.39. The third-order valence-electron chi connectivity index (χ3n) is 7.10. The van der Waals surface area contributed by atoms with Crippen LogP contribution < -0.4 is 9.47 Å². The zero-order valence-corrected chi connectivity index (χ0v) is 22.0. The normalized spacial score (nSPS) is 34.7. The van der Waals surface area contributed by atoms with Crippen LogP contribution in [0, 0.1) is 0 Å². The molecule has 12 nitrogen and oxygen atoms in total. The molecule has 2 aliphatic rings. The van der Waals surface area contributed by atoms with Crippen molar-refractivity contribution in [3.8, 4) is 11.5 Å². The van der Waals surface area contributed by atoms with Crippen molar-refractivity contribution < 1.29 is 59.8 Å². The van der Waals surface area contributed by atoms with E-state index in [0.29, 0.717) is 11.5 Å². The number of rotatable bonds is 10. The SMILES string of the molecule is C=CC(C=Cc1ccc(OC2OC(CO)C(O)C(O)C2O)cc1)c1ccc(OC2OC(CO)C(O)C(O)C2O)cc1. The monoisotopic (exact) mass is 576 g/mol. The van der Waals surface area contributed by atoms with Gasteiger partial charge in [0.25, 0.3) is 0 Å². The van der Waals surface area contributed by atoms with Gasteiger partial charge in [0.15, 0.2) is 0 Å². The second-order valence-corrected chi connectivity index (χ2v) is 9.89. The van der Waals surface area contributed by atoms with E-state index in [1.165, 1.54) is 0 Å². The van der Waals surface area contributed by atoms with Gasteiger partial charge in [-0.25, -0.2) is 0 Å². The number of aliphatic hydroxyl groups excluding tert-OH is 8. The minimum Gasteiger partial charge on any atom is -0.462 e. The maximum atomic E-state index is 10.2. The van der Waals surface area contributed by atoms with Gasteiger partial charge in [-0.2, -0.15) is 0 Å². The van der Waals surface area contributed by atoms with Gasteiger partial charge >= 0.3 is 0 Å². The molecule has 2 fully saturated rings. The van der Waals surface area contributed by atoms with Crippen LogP contribution in [-0.4, -0.2) is 115 Å². The molecule has 4 rings (SSSR count). The van der Waals surface area contributed by atoms with Gasteiger partial charge in [-0.3, -0.25) is 0 Å². The summed E-state index contributed by atoms with van der Waals surface area (Å²) in [4.78, 5) is 0. The number of hydrogen-bond donors (Lipinski definition) is 8. The molecular formula is C29H36O12. The van der Waals surface area contributed by atoms with Crippen LogP contribution in [0.4, 0.5) is 0 Å². The molecule has 0 radical (unpaired) electrons. The van der Waals surface area contributed by atoms with Crippen LogP contribution in [0.3, 0.4) is 0 Å². The maximum Gasteiger partial charge on any atom is 0.229 e. The summed E-state index contributed by atoms with van der Waals surface area (Å²) < 4.78 is 22.0. The highest BCUT2D eigenvalue weighted by atomic mass is 16.7. The number of ether oxygens (including phenoxy) is 4. The third kappa shape index (κ3) is 7.13. The molecule has 41 heavy (non-hydrogen) atoms. The summed E-state index contributed by atoms with van der Waals surface area (Å²) in [7, 11) is 0. The Morgan fingerprint density at radius 1 is 0.659 bits per heavy atom. The fourth-order valence-corrected chi connectivity index (χ4v) is 4.56. The largest absolute Gasteiger partial charge is 0.462 e. The van der Waals surface area contributed by atoms with Crippen molar-refractivity contribution in [1.82, 2.24) is 0 Å². The predicted octanol–water partition coefficient (Wildman–Crippen LogP) is -0.973. The van der Waals surface area contributed by atoms with E-state index < -0.39 is 74.6 Å². The van der Waals surface area contributed by atoms with Gasteiger partial charge in [0, 0.05) is 5.92 Å². The molecule has 0 spiro atoms. The Morgan fingerprint density at radius 2 is 1.10 bits per heavy atom. The van der Waals surface area contributed by atoms with Gasteiger partial charge in [0.2, 0.25) is 12.6 Å². The summed E-state index contributed by atoms with van der Waals surface area (Å²) >= 11 is 0. The lowest BCUT2D eigenvalue weighted by atomic mass is 9.97. The highest BCUT2D eigenvalue weighted by Gasteiger charge is 2.45. The van der Waals surface area contributed by atoms with Crippen molar-refractivity contribution in [3.05, 3.63) is 78.4 Å². The smallest absolute Gasteiger partial charge is 0.229 e. The fraction of sp³-hybridized carbons (Fsp3) is 0.448. The zero-order valence-electron chi connectivity index (χ0n) is 22.0. The van der Waals surface area contributed by atoms with E-state index in [9.17, 15) is 40.9 Å². The van der Waals surface area contributed by atoms with Crippen molar-refractivity contribution in [2.75, 3.05) is 13.2 Å². The first-order valence-electron chi connectivity index (χ1n) is 13.1. The Balaban J connectivity index is 1.35. The number of benzene rings is 2. The summed E-state index contributed by atoms with van der Waals surface area (Å²) in [6, 6.07) is 13.8. The van der Waals surface area contributed by atoms with Crippen molar-refractivity contribution in [2.24, 2.45) is 0 Å². The van der Waals surface area contributed by atoms with Crippen LogP contribution in [0.5, 0.6) is 11.5 Å². The molecule has 2 heterocycles. The number of hydrogen-bond acceptors (Lipinski definition) is 12. The van der Waals surface area contributed by atoms with Gasteiger partial charge < -0.3 is 59.8 Å². The molecule has 0 aliphatic carbocycles. The molecule has 0 bridgehead atoms. The number of allylic oxidation sites excluding steroid dienone is 2. The van der Waals surface area contributed by atoms with Gasteiger partial charge in [0.1, 0.15) is 60.3 Å². The summed E-state index contributed by atoms with van der Waals surface area (Å²) in [6.07, 6.45) is -8.15. The second kappa shape index (κ2) is 13.9. The predicted molar refractivity (Wildman–Crippen MR) is 144 cm³/mol.